The van der Waals surface area contributed by atoms with E-state index in [1.807, 2.05) is 18.2 Å². The molecule has 0 aliphatic carbocycles. The number of halogens is 2. The number of carbonyl (C=O) groups is 1. The van der Waals surface area contributed by atoms with E-state index in [0.29, 0.717) is 40.8 Å². The number of methoxy groups -OCH3 is 2. The maximum atomic E-state index is 11.8. The molecule has 0 spiro atoms. The van der Waals surface area contributed by atoms with Gasteiger partial charge in [-0.3, -0.25) is 4.57 Å². The van der Waals surface area contributed by atoms with Crippen LogP contribution < -0.4 is 20.5 Å². The number of benzene rings is 2. The molecular formula is C24H25Cl2N5O4. The van der Waals surface area contributed by atoms with Gasteiger partial charge in [-0.05, 0) is 36.2 Å². The number of nitrogens with zero attached hydrogens (tertiary/aromatic N) is 3. The zero-order valence-corrected chi connectivity index (χ0v) is 20.6. The van der Waals surface area contributed by atoms with Crippen molar-refractivity contribution >= 4 is 46.8 Å². The van der Waals surface area contributed by atoms with Crippen LogP contribution in [-0.4, -0.2) is 46.4 Å². The van der Waals surface area contributed by atoms with E-state index in [0.717, 1.165) is 11.1 Å². The lowest BCUT2D eigenvalue weighted by atomic mass is 10.0. The Balaban J connectivity index is 0.00000342. The second-order valence-corrected chi connectivity index (χ2v) is 7.99. The van der Waals surface area contributed by atoms with Crippen LogP contribution in [0.4, 0.5) is 5.82 Å². The molecule has 0 aliphatic rings. The number of aromatic nitrogens is 3. The van der Waals surface area contributed by atoms with Gasteiger partial charge < -0.3 is 25.6 Å². The van der Waals surface area contributed by atoms with E-state index < -0.39 is 5.97 Å². The lowest BCUT2D eigenvalue weighted by molar-refractivity contribution is 0.0697. The molecule has 1 atom stereocenters. The van der Waals surface area contributed by atoms with Crippen LogP contribution in [0.25, 0.3) is 16.9 Å². The molecule has 4 rings (SSSR count). The van der Waals surface area contributed by atoms with Gasteiger partial charge in [0.05, 0.1) is 25.3 Å². The van der Waals surface area contributed by atoms with Crippen molar-refractivity contribution in [1.82, 2.24) is 14.5 Å². The average molecular weight is 518 g/mol. The second-order valence-electron chi connectivity index (χ2n) is 7.56. The first-order valence-electron chi connectivity index (χ1n) is 10.5. The Kier molecular flexibility index (Phi) is 8.39. The lowest BCUT2D eigenvalue weighted by Crippen LogP contribution is -2.17. The van der Waals surface area contributed by atoms with Crippen molar-refractivity contribution in [2.45, 2.75) is 12.5 Å². The van der Waals surface area contributed by atoms with Gasteiger partial charge in [0.15, 0.2) is 11.5 Å². The molecule has 2 heterocycles. The molecule has 0 fully saturated rings. The predicted molar refractivity (Wildman–Crippen MR) is 138 cm³/mol. The molecule has 2 aromatic heterocycles. The van der Waals surface area contributed by atoms with Crippen LogP contribution in [0.5, 0.6) is 11.5 Å². The number of imidazole rings is 1. The number of fused-ring (bicyclic) bond motifs is 1. The average Bonchev–Trinajstić information content (AvgIpc) is 3.25. The minimum atomic E-state index is -1.08. The van der Waals surface area contributed by atoms with Gasteiger partial charge in [0.1, 0.15) is 23.5 Å². The van der Waals surface area contributed by atoms with Crippen LogP contribution in [0.3, 0.4) is 0 Å². The van der Waals surface area contributed by atoms with E-state index in [9.17, 15) is 9.90 Å². The van der Waals surface area contributed by atoms with E-state index in [1.165, 1.54) is 6.07 Å². The maximum Gasteiger partial charge on any atom is 0.339 e. The summed E-state index contributed by atoms with van der Waals surface area (Å²) < 4.78 is 12.5. The van der Waals surface area contributed by atoms with Gasteiger partial charge in [0.25, 0.3) is 0 Å². The van der Waals surface area contributed by atoms with Gasteiger partial charge in [-0.1, -0.05) is 23.7 Å². The number of anilines is 1. The largest absolute Gasteiger partial charge is 0.493 e. The fourth-order valence-corrected chi connectivity index (χ4v) is 3.86. The summed E-state index contributed by atoms with van der Waals surface area (Å²) in [6.45, 7) is 0.417. The molecule has 0 aliphatic heterocycles. The normalized spacial score (nSPS) is 11.5. The highest BCUT2D eigenvalue weighted by Gasteiger charge is 2.17. The van der Waals surface area contributed by atoms with E-state index in [-0.39, 0.29) is 29.8 Å². The van der Waals surface area contributed by atoms with Crippen molar-refractivity contribution in [2.75, 3.05) is 26.1 Å². The Morgan fingerprint density at radius 1 is 1.17 bits per heavy atom. The van der Waals surface area contributed by atoms with Crippen LogP contribution in [0, 0.1) is 0 Å². The van der Waals surface area contributed by atoms with E-state index in [4.69, 9.17) is 26.8 Å². The number of nitrogens with two attached hydrogens (primary N) is 1. The molecule has 35 heavy (non-hydrogen) atoms. The summed E-state index contributed by atoms with van der Waals surface area (Å²) in [5.41, 5.74) is 8.66. The molecular weight excluding hydrogens is 493 g/mol. The zero-order valence-electron chi connectivity index (χ0n) is 19.1. The number of carboxylic acids is 1. The minimum absolute atomic E-state index is 0. The van der Waals surface area contributed by atoms with Gasteiger partial charge in [0.2, 0.25) is 0 Å². The number of carboxylic acid groups (broad SMARTS) is 1. The summed E-state index contributed by atoms with van der Waals surface area (Å²) in [6.07, 6.45) is 2.17. The molecule has 0 unspecified atom stereocenters. The van der Waals surface area contributed by atoms with Gasteiger partial charge >= 0.3 is 5.97 Å². The first-order chi connectivity index (χ1) is 16.4. The van der Waals surface area contributed by atoms with Crippen molar-refractivity contribution in [3.63, 3.8) is 0 Å². The summed E-state index contributed by atoms with van der Waals surface area (Å²) >= 11 is 6.05. The Labute approximate surface area is 213 Å². The summed E-state index contributed by atoms with van der Waals surface area (Å²) in [7, 11) is 3.11. The molecule has 184 valence electrons. The fourth-order valence-electron chi connectivity index (χ4n) is 3.66. The summed E-state index contributed by atoms with van der Waals surface area (Å²) in [5.74, 6) is 0.773. The van der Waals surface area contributed by atoms with E-state index >= 15 is 0 Å². The Hall–Kier alpha value is -3.53. The Morgan fingerprint density at radius 3 is 2.60 bits per heavy atom. The minimum Gasteiger partial charge on any atom is -0.493 e. The molecule has 4 N–H and O–H groups in total. The van der Waals surface area contributed by atoms with Crippen molar-refractivity contribution in [2.24, 2.45) is 5.73 Å². The fraction of sp³-hybridized carbons (Fsp3) is 0.208. The maximum absolute atomic E-state index is 11.8. The third-order valence-electron chi connectivity index (χ3n) is 5.43. The third-order valence-corrected chi connectivity index (χ3v) is 5.67. The molecule has 0 bridgehead atoms. The number of hydrogen-bond donors (Lipinski definition) is 3. The second kappa shape index (κ2) is 11.3. The molecule has 0 saturated heterocycles. The molecule has 11 heteroatoms. The first kappa shape index (κ1) is 26.1. The number of ether oxygens (including phenoxy) is 2. The molecule has 0 radical (unpaired) electrons. The third kappa shape index (κ3) is 5.59. The Morgan fingerprint density at radius 2 is 1.91 bits per heavy atom. The molecule has 9 nitrogen and oxygen atoms in total. The van der Waals surface area contributed by atoms with Crippen LogP contribution in [-0.2, 0) is 0 Å². The number of aromatic carboxylic acids is 1. The van der Waals surface area contributed by atoms with Crippen molar-refractivity contribution in [3.8, 4) is 17.3 Å². The monoisotopic (exact) mass is 517 g/mol. The Bertz CT molecular complexity index is 1340. The van der Waals surface area contributed by atoms with Crippen LogP contribution in [0.15, 0.2) is 54.9 Å². The number of hydrogen-bond acceptors (Lipinski definition) is 7. The van der Waals surface area contributed by atoms with Crippen molar-refractivity contribution in [1.29, 1.82) is 0 Å². The molecule has 0 amide bonds. The quantitative estimate of drug-likeness (QED) is 0.291. The van der Waals surface area contributed by atoms with Crippen LogP contribution in [0.1, 0.15) is 28.4 Å². The topological polar surface area (TPSA) is 125 Å². The van der Waals surface area contributed by atoms with Gasteiger partial charge in [-0.2, -0.15) is 0 Å². The van der Waals surface area contributed by atoms with Crippen molar-refractivity contribution < 1.29 is 19.4 Å². The molecule has 2 aromatic carbocycles. The molecule has 0 saturated carbocycles. The van der Waals surface area contributed by atoms with Gasteiger partial charge in [-0.25, -0.2) is 14.8 Å². The highest BCUT2D eigenvalue weighted by molar-refractivity contribution is 6.30. The summed E-state index contributed by atoms with van der Waals surface area (Å²) in [6, 6.07) is 13.8. The van der Waals surface area contributed by atoms with E-state index in [2.05, 4.69) is 15.3 Å². The SMILES string of the molecule is COc1cc2ncn(-c3ccc(C(=O)O)c(NCC[C@H](N)c4cccc(Cl)c4)n3)c2cc1OC.Cl. The highest BCUT2D eigenvalue weighted by atomic mass is 35.5. The number of nitrogens with one attached hydrogen (secondary N) is 1. The number of rotatable bonds is 9. The summed E-state index contributed by atoms with van der Waals surface area (Å²) in [4.78, 5) is 20.8. The predicted octanol–water partition coefficient (Wildman–Crippen LogP) is 4.71. The van der Waals surface area contributed by atoms with Crippen LogP contribution in [0.2, 0.25) is 5.02 Å². The smallest absolute Gasteiger partial charge is 0.339 e. The lowest BCUT2D eigenvalue weighted by Gasteiger charge is -2.15. The highest BCUT2D eigenvalue weighted by Crippen LogP contribution is 2.32. The summed E-state index contributed by atoms with van der Waals surface area (Å²) in [5, 5.41) is 13.4. The number of pyridine rings is 1. The van der Waals surface area contributed by atoms with E-state index in [1.54, 1.807) is 49.4 Å². The van der Waals surface area contributed by atoms with Gasteiger partial charge in [0, 0.05) is 29.7 Å². The zero-order chi connectivity index (χ0) is 24.2. The van der Waals surface area contributed by atoms with Crippen molar-refractivity contribution in [3.05, 3.63) is 71.0 Å². The molecule has 4 aromatic rings. The standard InChI is InChI=1S/C24H24ClN5O4.ClH/c1-33-20-11-18-19(12-21(20)34-2)30(13-28-18)22-7-6-16(24(31)32)23(29-22)27-9-8-17(26)14-4-3-5-15(25)10-14;/h3-7,10-13,17H,8-9,26H2,1-2H3,(H,27,29)(H,31,32);1H/t17-;/m0./s1. The first-order valence-corrected chi connectivity index (χ1v) is 10.9. The van der Waals surface area contributed by atoms with Gasteiger partial charge in [-0.15, -0.1) is 12.4 Å². The van der Waals surface area contributed by atoms with Crippen LogP contribution >= 0.6 is 24.0 Å².